The Morgan fingerprint density at radius 3 is 2.50 bits per heavy atom. The number of pyridine rings is 1. The lowest BCUT2D eigenvalue weighted by Gasteiger charge is -2.21. The lowest BCUT2D eigenvalue weighted by Crippen LogP contribution is -2.13. The Balaban J connectivity index is 1.87. The van der Waals surface area contributed by atoms with E-state index < -0.39 is 0 Å². The fourth-order valence-electron chi connectivity index (χ4n) is 3.24. The van der Waals surface area contributed by atoms with Crippen LogP contribution in [-0.2, 0) is 0 Å². The first-order valence-corrected chi connectivity index (χ1v) is 8.11. The van der Waals surface area contributed by atoms with Gasteiger partial charge in [-0.15, -0.1) is 0 Å². The molecule has 2 heterocycles. The maximum atomic E-state index is 4.32. The number of rotatable bonds is 4. The third-order valence-electron chi connectivity index (χ3n) is 4.33. The average molecular weight is 313 g/mol. The highest BCUT2D eigenvalue weighted by atomic mass is 14.9. The maximum Gasteiger partial charge on any atom is 0.0805 e. The standard InChI is InChI=1S/C21H19N3/c1-15-20(18-11-5-6-12-19(18)23-15)21(16-8-7-13-22-14-16)24-17-9-3-2-4-10-17/h2-14,21,23-24H,1H3/t21-/m1/s1. The Hall–Kier alpha value is -3.07. The summed E-state index contributed by atoms with van der Waals surface area (Å²) in [6.45, 7) is 2.13. The zero-order valence-corrected chi connectivity index (χ0v) is 13.5. The van der Waals surface area contributed by atoms with E-state index in [1.807, 2.05) is 36.7 Å². The van der Waals surface area contributed by atoms with Crippen LogP contribution < -0.4 is 5.32 Å². The number of hydrogen-bond acceptors (Lipinski definition) is 2. The van der Waals surface area contributed by atoms with Crippen LogP contribution in [0.4, 0.5) is 5.69 Å². The van der Waals surface area contributed by atoms with E-state index in [2.05, 4.69) is 64.7 Å². The van der Waals surface area contributed by atoms with Crippen molar-refractivity contribution in [3.8, 4) is 0 Å². The zero-order chi connectivity index (χ0) is 16.4. The predicted molar refractivity (Wildman–Crippen MR) is 99.2 cm³/mol. The molecule has 4 rings (SSSR count). The fraction of sp³-hybridized carbons (Fsp3) is 0.0952. The number of aryl methyl sites for hydroxylation is 1. The smallest absolute Gasteiger partial charge is 0.0805 e. The van der Waals surface area contributed by atoms with Gasteiger partial charge in [0.15, 0.2) is 0 Å². The lowest BCUT2D eigenvalue weighted by atomic mass is 9.97. The first kappa shape index (κ1) is 14.5. The van der Waals surface area contributed by atoms with Crippen molar-refractivity contribution in [3.05, 3.63) is 95.9 Å². The number of aromatic nitrogens is 2. The van der Waals surface area contributed by atoms with Crippen molar-refractivity contribution in [2.45, 2.75) is 13.0 Å². The van der Waals surface area contributed by atoms with Crippen LogP contribution in [0.15, 0.2) is 79.1 Å². The third kappa shape index (κ3) is 2.65. The molecule has 3 heteroatoms. The third-order valence-corrected chi connectivity index (χ3v) is 4.33. The van der Waals surface area contributed by atoms with Gasteiger partial charge in [-0.05, 0) is 36.8 Å². The number of hydrogen-bond donors (Lipinski definition) is 2. The molecule has 0 radical (unpaired) electrons. The summed E-state index contributed by atoms with van der Waals surface area (Å²) in [4.78, 5) is 7.82. The van der Waals surface area contributed by atoms with Crippen LogP contribution in [0.1, 0.15) is 22.9 Å². The van der Waals surface area contributed by atoms with Crippen molar-refractivity contribution < 1.29 is 0 Å². The minimum absolute atomic E-state index is 0.0391. The maximum absolute atomic E-state index is 4.32. The van der Waals surface area contributed by atoms with Gasteiger partial charge in [0.05, 0.1) is 6.04 Å². The summed E-state index contributed by atoms with van der Waals surface area (Å²) < 4.78 is 0. The van der Waals surface area contributed by atoms with Gasteiger partial charge in [0.25, 0.3) is 0 Å². The largest absolute Gasteiger partial charge is 0.374 e. The highest BCUT2D eigenvalue weighted by Gasteiger charge is 2.20. The molecule has 0 saturated heterocycles. The molecule has 4 aromatic rings. The number of para-hydroxylation sites is 2. The molecule has 0 aliphatic carbocycles. The molecular formula is C21H19N3. The molecule has 118 valence electrons. The molecule has 2 N–H and O–H groups in total. The second-order valence-electron chi connectivity index (χ2n) is 5.94. The van der Waals surface area contributed by atoms with Gasteiger partial charge < -0.3 is 10.3 Å². The van der Waals surface area contributed by atoms with Gasteiger partial charge in [0.1, 0.15) is 0 Å². The molecule has 1 atom stereocenters. The molecule has 2 aromatic carbocycles. The molecular weight excluding hydrogens is 294 g/mol. The molecule has 2 aromatic heterocycles. The number of fused-ring (bicyclic) bond motifs is 1. The van der Waals surface area contributed by atoms with Crippen LogP contribution in [0.25, 0.3) is 10.9 Å². The van der Waals surface area contributed by atoms with E-state index in [0.29, 0.717) is 0 Å². The quantitative estimate of drug-likeness (QED) is 0.552. The van der Waals surface area contributed by atoms with Gasteiger partial charge in [-0.3, -0.25) is 4.98 Å². The van der Waals surface area contributed by atoms with Crippen molar-refractivity contribution >= 4 is 16.6 Å². The molecule has 0 unspecified atom stereocenters. The van der Waals surface area contributed by atoms with E-state index in [1.165, 1.54) is 16.6 Å². The van der Waals surface area contributed by atoms with Gasteiger partial charge in [-0.1, -0.05) is 42.5 Å². The Kier molecular flexibility index (Phi) is 3.75. The van der Waals surface area contributed by atoms with Gasteiger partial charge in [0, 0.05) is 40.2 Å². The predicted octanol–water partition coefficient (Wildman–Crippen LogP) is 5.07. The Morgan fingerprint density at radius 2 is 1.71 bits per heavy atom. The van der Waals surface area contributed by atoms with Crippen molar-refractivity contribution in [2.24, 2.45) is 0 Å². The van der Waals surface area contributed by atoms with E-state index >= 15 is 0 Å². The van der Waals surface area contributed by atoms with Crippen molar-refractivity contribution in [1.29, 1.82) is 0 Å². The molecule has 0 fully saturated rings. The second-order valence-corrected chi connectivity index (χ2v) is 5.94. The summed E-state index contributed by atoms with van der Waals surface area (Å²) in [6.07, 6.45) is 3.74. The number of benzene rings is 2. The van der Waals surface area contributed by atoms with Gasteiger partial charge in [-0.2, -0.15) is 0 Å². The zero-order valence-electron chi connectivity index (χ0n) is 13.5. The Bertz CT molecular complexity index is 943. The minimum Gasteiger partial charge on any atom is -0.374 e. The number of H-pyrrole nitrogens is 1. The van der Waals surface area contributed by atoms with Crippen LogP contribution in [0, 0.1) is 6.92 Å². The minimum atomic E-state index is 0.0391. The summed E-state index contributed by atoms with van der Waals surface area (Å²) in [5, 5.41) is 4.91. The molecule has 0 amide bonds. The van der Waals surface area contributed by atoms with Crippen molar-refractivity contribution in [3.63, 3.8) is 0 Å². The van der Waals surface area contributed by atoms with E-state index in [-0.39, 0.29) is 6.04 Å². The highest BCUT2D eigenvalue weighted by molar-refractivity contribution is 5.86. The summed E-state index contributed by atoms with van der Waals surface area (Å²) in [5.41, 5.74) is 5.84. The summed E-state index contributed by atoms with van der Waals surface area (Å²) in [7, 11) is 0. The number of nitrogens with one attached hydrogen (secondary N) is 2. The normalized spacial score (nSPS) is 12.2. The van der Waals surface area contributed by atoms with Gasteiger partial charge in [-0.25, -0.2) is 0 Å². The number of nitrogens with zero attached hydrogens (tertiary/aromatic N) is 1. The number of anilines is 1. The first-order valence-electron chi connectivity index (χ1n) is 8.11. The molecule has 0 saturated carbocycles. The molecule has 0 aliphatic heterocycles. The monoisotopic (exact) mass is 313 g/mol. The number of aromatic amines is 1. The van der Waals surface area contributed by atoms with Crippen LogP contribution in [-0.4, -0.2) is 9.97 Å². The SMILES string of the molecule is Cc1[nH]c2ccccc2c1[C@H](Nc1ccccc1)c1cccnc1. The summed E-state index contributed by atoms with van der Waals surface area (Å²) >= 11 is 0. The van der Waals surface area contributed by atoms with Crippen molar-refractivity contribution in [2.75, 3.05) is 5.32 Å². The van der Waals surface area contributed by atoms with E-state index in [1.54, 1.807) is 0 Å². The summed E-state index contributed by atoms with van der Waals surface area (Å²) in [5.74, 6) is 0. The van der Waals surface area contributed by atoms with Crippen LogP contribution >= 0.6 is 0 Å². The molecule has 24 heavy (non-hydrogen) atoms. The second kappa shape index (κ2) is 6.20. The van der Waals surface area contributed by atoms with Gasteiger partial charge in [0.2, 0.25) is 0 Å². The van der Waals surface area contributed by atoms with Crippen LogP contribution in [0.2, 0.25) is 0 Å². The molecule has 3 nitrogen and oxygen atoms in total. The molecule has 0 spiro atoms. The Morgan fingerprint density at radius 1 is 0.917 bits per heavy atom. The van der Waals surface area contributed by atoms with E-state index in [0.717, 1.165) is 16.8 Å². The van der Waals surface area contributed by atoms with E-state index in [4.69, 9.17) is 0 Å². The van der Waals surface area contributed by atoms with Crippen LogP contribution in [0.3, 0.4) is 0 Å². The average Bonchev–Trinajstić information content (AvgIpc) is 2.97. The lowest BCUT2D eigenvalue weighted by molar-refractivity contribution is 0.923. The van der Waals surface area contributed by atoms with Gasteiger partial charge >= 0.3 is 0 Å². The van der Waals surface area contributed by atoms with Crippen LogP contribution in [0.5, 0.6) is 0 Å². The van der Waals surface area contributed by atoms with E-state index in [9.17, 15) is 0 Å². The fourth-order valence-corrected chi connectivity index (χ4v) is 3.24. The first-order chi connectivity index (χ1) is 11.8. The molecule has 0 bridgehead atoms. The Labute approximate surface area is 141 Å². The molecule has 0 aliphatic rings. The topological polar surface area (TPSA) is 40.7 Å². The highest BCUT2D eigenvalue weighted by Crippen LogP contribution is 2.34. The van der Waals surface area contributed by atoms with Crippen molar-refractivity contribution in [1.82, 2.24) is 9.97 Å². The summed E-state index contributed by atoms with van der Waals surface area (Å²) in [6, 6.07) is 22.9.